The molecule has 0 fully saturated rings. The van der Waals surface area contributed by atoms with E-state index in [0.29, 0.717) is 0 Å². The number of hydrogen-bond acceptors (Lipinski definition) is 1. The molecule has 2 heteroatoms. The summed E-state index contributed by atoms with van der Waals surface area (Å²) in [5.74, 6) is 0. The largest absolute Gasteiger partial charge is 0.384 e. The van der Waals surface area contributed by atoms with Gasteiger partial charge in [-0.2, -0.15) is 0 Å². The summed E-state index contributed by atoms with van der Waals surface area (Å²) in [4.78, 5) is 0. The summed E-state index contributed by atoms with van der Waals surface area (Å²) < 4.78 is 1.15. The molecule has 0 aliphatic heterocycles. The quantitative estimate of drug-likeness (QED) is 0.624. The van der Waals surface area contributed by atoms with E-state index in [0.717, 1.165) is 17.4 Å². The van der Waals surface area contributed by atoms with Gasteiger partial charge in [0.1, 0.15) is 0 Å². The van der Waals surface area contributed by atoms with Crippen LogP contribution in [0.4, 0.5) is 5.69 Å². The summed E-state index contributed by atoms with van der Waals surface area (Å²) in [5.41, 5.74) is 2.45. The Hall–Kier alpha value is -0.760. The van der Waals surface area contributed by atoms with Gasteiger partial charge in [0.15, 0.2) is 0 Å². The summed E-state index contributed by atoms with van der Waals surface area (Å²) in [5, 5.41) is 3.35. The molecule has 0 atom stereocenters. The summed E-state index contributed by atoms with van der Waals surface area (Å²) in [6.45, 7) is 6.73. The lowest BCUT2D eigenvalue weighted by Gasteiger charge is -2.09. The molecule has 0 aliphatic carbocycles. The third-order valence-electron chi connectivity index (χ3n) is 1.93. The van der Waals surface area contributed by atoms with Crippen molar-refractivity contribution in [2.75, 3.05) is 11.9 Å². The molecule has 1 aromatic rings. The number of anilines is 1. The van der Waals surface area contributed by atoms with Crippen LogP contribution >= 0.6 is 15.9 Å². The molecule has 0 saturated heterocycles. The molecule has 0 heterocycles. The Morgan fingerprint density at radius 2 is 2.31 bits per heavy atom. The van der Waals surface area contributed by atoms with Crippen molar-refractivity contribution in [1.29, 1.82) is 0 Å². The van der Waals surface area contributed by atoms with Crippen molar-refractivity contribution in [2.45, 2.75) is 13.3 Å². The van der Waals surface area contributed by atoms with Gasteiger partial charge in [0, 0.05) is 16.7 Å². The van der Waals surface area contributed by atoms with Crippen LogP contribution in [0.5, 0.6) is 0 Å². The van der Waals surface area contributed by atoms with Crippen LogP contribution in [0.1, 0.15) is 12.0 Å². The molecule has 1 nitrogen and oxygen atoms in total. The molecule has 0 amide bonds. The Balaban J connectivity index is 2.65. The van der Waals surface area contributed by atoms with Crippen LogP contribution in [0.2, 0.25) is 0 Å². The first-order valence-electron chi connectivity index (χ1n) is 4.35. The molecule has 1 N–H and O–H groups in total. The van der Waals surface area contributed by atoms with Crippen molar-refractivity contribution in [3.63, 3.8) is 0 Å². The van der Waals surface area contributed by atoms with E-state index in [9.17, 15) is 0 Å². The van der Waals surface area contributed by atoms with Crippen LogP contribution in [0.3, 0.4) is 0 Å². The number of benzene rings is 1. The van der Waals surface area contributed by atoms with E-state index in [4.69, 9.17) is 0 Å². The van der Waals surface area contributed by atoms with Gasteiger partial charge in [-0.3, -0.25) is 0 Å². The number of hydrogen-bond donors (Lipinski definition) is 1. The zero-order valence-corrected chi connectivity index (χ0v) is 9.39. The Bertz CT molecular complexity index is 294. The van der Waals surface area contributed by atoms with Crippen LogP contribution in [0.25, 0.3) is 0 Å². The molecule has 0 bridgehead atoms. The highest BCUT2D eigenvalue weighted by atomic mass is 79.9. The Morgan fingerprint density at radius 3 is 3.00 bits per heavy atom. The highest BCUT2D eigenvalue weighted by Gasteiger charge is 1.99. The van der Waals surface area contributed by atoms with Crippen molar-refractivity contribution in [1.82, 2.24) is 0 Å². The van der Waals surface area contributed by atoms with Gasteiger partial charge in [0.2, 0.25) is 0 Å². The van der Waals surface area contributed by atoms with Crippen molar-refractivity contribution < 1.29 is 0 Å². The van der Waals surface area contributed by atoms with Crippen molar-refractivity contribution in [3.8, 4) is 0 Å². The highest BCUT2D eigenvalue weighted by molar-refractivity contribution is 9.10. The Morgan fingerprint density at radius 1 is 1.54 bits per heavy atom. The maximum absolute atomic E-state index is 3.68. The van der Waals surface area contributed by atoms with Gasteiger partial charge in [-0.15, -0.1) is 6.58 Å². The van der Waals surface area contributed by atoms with Gasteiger partial charge in [-0.1, -0.05) is 28.1 Å². The second kappa shape index (κ2) is 5.07. The summed E-state index contributed by atoms with van der Waals surface area (Å²) in [7, 11) is 0. The summed E-state index contributed by atoms with van der Waals surface area (Å²) in [6, 6.07) is 6.17. The molecule has 1 rings (SSSR count). The van der Waals surface area contributed by atoms with Crippen molar-refractivity contribution in [2.24, 2.45) is 0 Å². The average molecular weight is 240 g/mol. The molecule has 0 radical (unpaired) electrons. The molecule has 70 valence electrons. The zero-order valence-electron chi connectivity index (χ0n) is 7.81. The fourth-order valence-corrected chi connectivity index (χ4v) is 1.47. The Labute approximate surface area is 88.0 Å². The smallest absolute Gasteiger partial charge is 0.0381 e. The third kappa shape index (κ3) is 2.88. The minimum Gasteiger partial charge on any atom is -0.384 e. The topological polar surface area (TPSA) is 12.0 Å². The van der Waals surface area contributed by atoms with E-state index in [1.807, 2.05) is 18.2 Å². The van der Waals surface area contributed by atoms with Crippen LogP contribution in [0.15, 0.2) is 35.3 Å². The summed E-state index contributed by atoms with van der Waals surface area (Å²) >= 11 is 3.49. The molecule has 1 aromatic carbocycles. The normalized spacial score (nSPS) is 9.69. The first kappa shape index (κ1) is 10.3. The molecular weight excluding hydrogens is 226 g/mol. The lowest BCUT2D eigenvalue weighted by atomic mass is 10.2. The first-order valence-corrected chi connectivity index (χ1v) is 5.15. The minimum atomic E-state index is 0.945. The maximum Gasteiger partial charge on any atom is 0.0381 e. The average Bonchev–Trinajstić information content (AvgIpc) is 2.13. The van der Waals surface area contributed by atoms with E-state index in [-0.39, 0.29) is 0 Å². The molecule has 0 aliphatic rings. The minimum absolute atomic E-state index is 0.945. The van der Waals surface area contributed by atoms with Gasteiger partial charge in [-0.05, 0) is 31.0 Å². The maximum atomic E-state index is 3.68. The van der Waals surface area contributed by atoms with Crippen LogP contribution < -0.4 is 5.32 Å². The summed E-state index contributed by atoms with van der Waals surface area (Å²) in [6.07, 6.45) is 2.91. The standard InChI is InChI=1S/C11H14BrN/c1-3-4-8-13-11-7-5-6-10(12)9(11)2/h3,5-7,13H,1,4,8H2,2H3. The predicted octanol–water partition coefficient (Wildman–Crippen LogP) is 3.75. The van der Waals surface area contributed by atoms with Crippen LogP contribution in [-0.4, -0.2) is 6.54 Å². The van der Waals surface area contributed by atoms with E-state index >= 15 is 0 Å². The first-order chi connectivity index (χ1) is 6.25. The molecular formula is C11H14BrN. The van der Waals surface area contributed by atoms with E-state index in [1.54, 1.807) is 0 Å². The number of nitrogens with one attached hydrogen (secondary N) is 1. The second-order valence-corrected chi connectivity index (χ2v) is 3.77. The highest BCUT2D eigenvalue weighted by Crippen LogP contribution is 2.23. The lowest BCUT2D eigenvalue weighted by molar-refractivity contribution is 1.06. The van der Waals surface area contributed by atoms with Gasteiger partial charge in [-0.25, -0.2) is 0 Å². The molecule has 0 spiro atoms. The van der Waals surface area contributed by atoms with Gasteiger partial charge in [0.25, 0.3) is 0 Å². The van der Waals surface area contributed by atoms with Gasteiger partial charge < -0.3 is 5.32 Å². The van der Waals surface area contributed by atoms with E-state index < -0.39 is 0 Å². The molecule has 0 aromatic heterocycles. The van der Waals surface area contributed by atoms with Crippen molar-refractivity contribution in [3.05, 3.63) is 40.9 Å². The molecule has 0 unspecified atom stereocenters. The lowest BCUT2D eigenvalue weighted by Crippen LogP contribution is -2.01. The second-order valence-electron chi connectivity index (χ2n) is 2.92. The monoisotopic (exact) mass is 239 g/mol. The van der Waals surface area contributed by atoms with E-state index in [1.165, 1.54) is 11.3 Å². The predicted molar refractivity (Wildman–Crippen MR) is 62.2 cm³/mol. The number of rotatable bonds is 4. The zero-order chi connectivity index (χ0) is 9.68. The van der Waals surface area contributed by atoms with Crippen LogP contribution in [-0.2, 0) is 0 Å². The third-order valence-corrected chi connectivity index (χ3v) is 2.79. The fourth-order valence-electron chi connectivity index (χ4n) is 1.11. The SMILES string of the molecule is C=CCCNc1cccc(Br)c1C. The van der Waals surface area contributed by atoms with Crippen LogP contribution in [0, 0.1) is 6.92 Å². The van der Waals surface area contributed by atoms with Gasteiger partial charge in [0.05, 0.1) is 0 Å². The van der Waals surface area contributed by atoms with E-state index in [2.05, 4.69) is 40.8 Å². The molecule has 13 heavy (non-hydrogen) atoms. The number of halogens is 1. The molecule has 0 saturated carbocycles. The Kier molecular flexibility index (Phi) is 4.03. The van der Waals surface area contributed by atoms with Crippen molar-refractivity contribution >= 4 is 21.6 Å². The fraction of sp³-hybridized carbons (Fsp3) is 0.273. The van der Waals surface area contributed by atoms with Gasteiger partial charge >= 0.3 is 0 Å².